The van der Waals surface area contributed by atoms with E-state index in [1.54, 1.807) is 30.3 Å². The fourth-order valence-electron chi connectivity index (χ4n) is 10.7. The molecular formula is C43H37Cl2F3N6O3. The van der Waals surface area contributed by atoms with E-state index in [2.05, 4.69) is 36.6 Å². The first-order valence-electron chi connectivity index (χ1n) is 19.7. The number of likely N-dealkylation sites (tertiary alicyclic amines) is 1. The number of nitrogens with one attached hydrogen (secondary N) is 1. The monoisotopic (exact) mass is 812 g/mol. The second-order valence-corrected chi connectivity index (χ2v) is 17.4. The van der Waals surface area contributed by atoms with Crippen molar-refractivity contribution in [2.75, 3.05) is 24.5 Å². The van der Waals surface area contributed by atoms with Crippen LogP contribution in [0.1, 0.15) is 61.1 Å². The van der Waals surface area contributed by atoms with Gasteiger partial charge in [-0.15, -0.1) is 8.78 Å². The van der Waals surface area contributed by atoms with Gasteiger partial charge in [0.1, 0.15) is 5.52 Å². The average Bonchev–Trinajstić information content (AvgIpc) is 3.43. The third kappa shape index (κ3) is 5.38. The zero-order valence-electron chi connectivity index (χ0n) is 30.9. The summed E-state index contributed by atoms with van der Waals surface area (Å²) in [5, 5.41) is 15.5. The number of carbonyl (C=O) groups is 1. The number of nitriles is 1. The number of fused-ring (bicyclic) bond motifs is 7. The van der Waals surface area contributed by atoms with Gasteiger partial charge in [0.05, 0.1) is 39.8 Å². The van der Waals surface area contributed by atoms with Crippen molar-refractivity contribution in [1.82, 2.24) is 19.8 Å². The van der Waals surface area contributed by atoms with Crippen molar-refractivity contribution >= 4 is 56.6 Å². The molecule has 5 aliphatic heterocycles. The van der Waals surface area contributed by atoms with Gasteiger partial charge in [-0.3, -0.25) is 4.79 Å². The second kappa shape index (κ2) is 12.6. The minimum Gasteiger partial charge on any atom is -0.395 e. The van der Waals surface area contributed by atoms with E-state index in [4.69, 9.17) is 32.9 Å². The van der Waals surface area contributed by atoms with E-state index < -0.39 is 12.1 Å². The number of pyridine rings is 1. The Hall–Kier alpha value is -4.70. The minimum atomic E-state index is -3.72. The van der Waals surface area contributed by atoms with E-state index in [0.717, 1.165) is 54.5 Å². The molecule has 4 saturated heterocycles. The molecule has 2 saturated carbocycles. The number of alkyl halides is 2. The van der Waals surface area contributed by atoms with Gasteiger partial charge in [0.2, 0.25) is 5.91 Å². The molecule has 292 valence electrons. The van der Waals surface area contributed by atoms with Gasteiger partial charge in [-0.25, -0.2) is 9.37 Å². The summed E-state index contributed by atoms with van der Waals surface area (Å²) >= 11 is 13.2. The topological polar surface area (TPSA) is 95.7 Å². The van der Waals surface area contributed by atoms with Crippen molar-refractivity contribution in [3.8, 4) is 28.7 Å². The number of hydrogen-bond acceptors (Lipinski definition) is 7. The number of nitrogens with zero attached hydrogens (tertiary/aromatic N) is 5. The first-order chi connectivity index (χ1) is 27.5. The van der Waals surface area contributed by atoms with Gasteiger partial charge in [-0.2, -0.15) is 5.26 Å². The van der Waals surface area contributed by atoms with E-state index >= 15 is 4.39 Å². The molecule has 57 heavy (non-hydrogen) atoms. The van der Waals surface area contributed by atoms with Crippen LogP contribution in [-0.4, -0.2) is 58.4 Å². The number of aryl methyl sites for hydroxylation is 2. The summed E-state index contributed by atoms with van der Waals surface area (Å²) in [6.07, 6.45) is 0.298. The molecule has 1 amide bonds. The summed E-state index contributed by atoms with van der Waals surface area (Å²) in [5.74, 6) is -0.0281. The molecule has 9 nitrogen and oxygen atoms in total. The average molecular weight is 814 g/mol. The van der Waals surface area contributed by atoms with Crippen molar-refractivity contribution in [1.29, 1.82) is 5.26 Å². The lowest BCUT2D eigenvalue weighted by Gasteiger charge is -2.40. The Morgan fingerprint density at radius 2 is 1.88 bits per heavy atom. The molecule has 0 radical (unpaired) electrons. The van der Waals surface area contributed by atoms with Crippen LogP contribution in [0.5, 0.6) is 11.5 Å². The Morgan fingerprint density at radius 1 is 1.05 bits per heavy atom. The maximum absolute atomic E-state index is 17.3. The normalized spacial score (nSPS) is 26.7. The van der Waals surface area contributed by atoms with E-state index in [0.29, 0.717) is 58.2 Å². The number of rotatable bonds is 7. The summed E-state index contributed by atoms with van der Waals surface area (Å²) < 4.78 is 57.2. The number of hydrogen-bond donors (Lipinski definition) is 1. The molecule has 4 bridgehead atoms. The van der Waals surface area contributed by atoms with Gasteiger partial charge in [0, 0.05) is 89.0 Å². The van der Waals surface area contributed by atoms with Crippen molar-refractivity contribution in [3.05, 3.63) is 81.3 Å². The highest BCUT2D eigenvalue weighted by Crippen LogP contribution is 2.55. The quantitative estimate of drug-likeness (QED) is 0.175. The predicted molar refractivity (Wildman–Crippen MR) is 209 cm³/mol. The minimum absolute atomic E-state index is 0.00777. The molecule has 2 aromatic heterocycles. The Bertz CT molecular complexity index is 2590. The molecular weight excluding hydrogens is 776 g/mol. The van der Waals surface area contributed by atoms with Crippen LogP contribution in [-0.2, 0) is 11.2 Å². The van der Waals surface area contributed by atoms with Crippen molar-refractivity contribution in [2.24, 2.45) is 17.8 Å². The Labute approximate surface area is 336 Å². The molecule has 14 heteroatoms. The van der Waals surface area contributed by atoms with Crippen LogP contribution in [0.2, 0.25) is 10.0 Å². The Kier molecular flexibility index (Phi) is 7.87. The third-order valence-electron chi connectivity index (χ3n) is 13.3. The first kappa shape index (κ1) is 35.5. The number of benzene rings is 3. The molecule has 2 aliphatic carbocycles. The summed E-state index contributed by atoms with van der Waals surface area (Å²) in [4.78, 5) is 23.7. The van der Waals surface area contributed by atoms with Crippen LogP contribution >= 0.6 is 23.2 Å². The Balaban J connectivity index is 1.11. The van der Waals surface area contributed by atoms with Crippen LogP contribution in [0.15, 0.2) is 48.5 Å². The van der Waals surface area contributed by atoms with E-state index in [1.807, 2.05) is 13.0 Å². The third-order valence-corrected chi connectivity index (χ3v) is 14.1. The molecule has 6 fully saturated rings. The van der Waals surface area contributed by atoms with Crippen LogP contribution in [0.4, 0.5) is 18.9 Å². The maximum Gasteiger partial charge on any atom is 0.586 e. The number of anilines is 1. The van der Waals surface area contributed by atoms with E-state index in [-0.39, 0.29) is 70.4 Å². The highest BCUT2D eigenvalue weighted by Gasteiger charge is 2.55. The number of aromatic nitrogens is 2. The molecule has 5 aromatic rings. The van der Waals surface area contributed by atoms with Crippen molar-refractivity contribution < 1.29 is 27.4 Å². The number of amides is 1. The SMILES string of the molecule is Cc1nc2c(F)c(-c3cccc(Cl)c3Cl)c(CCC#N)cc2c2c1cc([C@H]1[C@H]3C[C@H](CN(c4ccc5c(c4)OC(F)(F)O5)C3)N1C(=O)C1CC1)n2[C@H]1[C@H]2CN[C@@H]1C2. The molecule has 7 heterocycles. The second-order valence-electron chi connectivity index (χ2n) is 16.6. The van der Waals surface area contributed by atoms with Crippen molar-refractivity contribution in [2.45, 2.75) is 75.9 Å². The molecule has 3 aromatic carbocycles. The van der Waals surface area contributed by atoms with Crippen LogP contribution in [0.25, 0.3) is 32.9 Å². The van der Waals surface area contributed by atoms with Gasteiger partial charge in [0.25, 0.3) is 0 Å². The van der Waals surface area contributed by atoms with Crippen molar-refractivity contribution in [3.63, 3.8) is 0 Å². The van der Waals surface area contributed by atoms with Gasteiger partial charge < -0.3 is 29.2 Å². The molecule has 1 N–H and O–H groups in total. The van der Waals surface area contributed by atoms with Gasteiger partial charge >= 0.3 is 6.29 Å². The van der Waals surface area contributed by atoms with Crippen LogP contribution in [0, 0.1) is 41.8 Å². The highest BCUT2D eigenvalue weighted by atomic mass is 35.5. The number of carbonyl (C=O) groups excluding carboxylic acids is 1. The van der Waals surface area contributed by atoms with Crippen LogP contribution < -0.4 is 19.7 Å². The maximum atomic E-state index is 17.3. The fourth-order valence-corrected chi connectivity index (χ4v) is 11.0. The van der Waals surface area contributed by atoms with E-state index in [1.165, 1.54) is 6.07 Å². The predicted octanol–water partition coefficient (Wildman–Crippen LogP) is 9.11. The van der Waals surface area contributed by atoms with Gasteiger partial charge in [-0.05, 0) is 80.8 Å². The fraction of sp³-hybridized carbons (Fsp3) is 0.419. The summed E-state index contributed by atoms with van der Waals surface area (Å²) in [6, 6.07) is 16.3. The van der Waals surface area contributed by atoms with Crippen LogP contribution in [0.3, 0.4) is 0 Å². The zero-order chi connectivity index (χ0) is 39.1. The Morgan fingerprint density at radius 3 is 2.63 bits per heavy atom. The van der Waals surface area contributed by atoms with Gasteiger partial charge in [-0.1, -0.05) is 35.3 Å². The lowest BCUT2D eigenvalue weighted by atomic mass is 9.79. The molecule has 12 rings (SSSR count). The lowest BCUT2D eigenvalue weighted by Crippen LogP contribution is -2.45. The number of piperidine rings is 1. The first-order valence-corrected chi connectivity index (χ1v) is 20.4. The lowest BCUT2D eigenvalue weighted by molar-refractivity contribution is -0.286. The molecule has 0 unspecified atom stereocenters. The summed E-state index contributed by atoms with van der Waals surface area (Å²) in [6.45, 7) is 3.92. The highest BCUT2D eigenvalue weighted by molar-refractivity contribution is 6.43. The smallest absolute Gasteiger partial charge is 0.395 e. The molecule has 7 aliphatic rings. The summed E-state index contributed by atoms with van der Waals surface area (Å²) in [5.41, 5.74) is 4.89. The standard InChI is InChI=1S/C43H37Cl2F3N6O3/c1-20-28-16-32(40-24-12-26(53(40)42(55)21-7-8-21)19-52(18-24)25-9-10-33-34(15-25)57-43(47,48)56-33)54(39-23-14-31(39)50-17-23)41(28)29-13-22(4-3-11-49)35(37(46)38(29)51-20)27-5-2-6-30(44)36(27)45/h2,5-6,9-10,13,15-16,21,23-24,26,31,39-40,50H,3-4,7-8,12,14,17-19H2,1H3/t23-,24+,26-,31-,39+,40-/m1/s1. The molecule has 6 atom stereocenters. The number of ether oxygens (including phenoxy) is 2. The molecule has 0 spiro atoms. The zero-order valence-corrected chi connectivity index (χ0v) is 32.4. The van der Waals surface area contributed by atoms with Gasteiger partial charge in [0.15, 0.2) is 17.3 Å². The number of halogens is 5. The largest absolute Gasteiger partial charge is 0.586 e. The summed E-state index contributed by atoms with van der Waals surface area (Å²) in [7, 11) is 0. The van der Waals surface area contributed by atoms with E-state index in [9.17, 15) is 18.8 Å².